The largest absolute Gasteiger partial charge is 0.457 e. The van der Waals surface area contributed by atoms with E-state index in [1.54, 1.807) is 155 Å². The number of carbonyl (C=O) groups is 4. The van der Waals surface area contributed by atoms with E-state index < -0.39 is 50.7 Å². The zero-order valence-corrected chi connectivity index (χ0v) is 41.6. The van der Waals surface area contributed by atoms with Crippen LogP contribution >= 0.6 is 0 Å². The van der Waals surface area contributed by atoms with Crippen LogP contribution < -0.4 is 0 Å². The van der Waals surface area contributed by atoms with Crippen LogP contribution in [0.25, 0.3) is 0 Å². The number of esters is 4. The molecule has 4 aromatic carbocycles. The first-order valence-corrected chi connectivity index (χ1v) is 34.9. The molecular weight excluding hydrogens is 1080 g/mol. The summed E-state index contributed by atoms with van der Waals surface area (Å²) in [7, 11) is 23.5. The van der Waals surface area contributed by atoms with Gasteiger partial charge in [0, 0.05) is 159 Å². The minimum atomic E-state index is -0.965. The number of hydrogen-bond donors (Lipinski definition) is 0. The fourth-order valence-electron chi connectivity index (χ4n) is 4.08. The molecule has 13 nitrogen and oxygen atoms in total. The zero-order valence-electron chi connectivity index (χ0n) is 28.6. The Bertz CT molecular complexity index is 2840. The SMILES string of the molecule is O=C(OCc1ccccc1)c1cccc([N+](=O)[O-])c1C(=O)OCc1ccccc1.O=C1OC(=O)c2c1cccc2[N+](=O)[O-].S=S=S=S=S=S=S=S=S=S=S=S=S=S=S=S. The molecule has 0 saturated heterocycles. The van der Waals surface area contributed by atoms with Crippen molar-refractivity contribution < 1.29 is 43.2 Å². The molecule has 0 radical (unpaired) electrons. The summed E-state index contributed by atoms with van der Waals surface area (Å²) in [5.74, 6) is -3.61. The minimum absolute atomic E-state index is 0.0269. The molecule has 0 aromatic heterocycles. The van der Waals surface area contributed by atoms with Crippen molar-refractivity contribution in [3.8, 4) is 0 Å². The van der Waals surface area contributed by atoms with Gasteiger partial charge in [-0.1, -0.05) is 72.8 Å². The third-order valence-corrected chi connectivity index (χ3v) is 35.2. The van der Waals surface area contributed by atoms with Crippen molar-refractivity contribution in [1.29, 1.82) is 0 Å². The Kier molecular flexibility index (Phi) is 25.3. The maximum atomic E-state index is 12.6. The van der Waals surface area contributed by atoms with Gasteiger partial charge in [-0.15, -0.1) is 0 Å². The van der Waals surface area contributed by atoms with Gasteiger partial charge in [0.1, 0.15) is 13.2 Å². The minimum Gasteiger partial charge on any atom is -0.457 e. The normalized spacial score (nSPS) is 10.2. The Hall–Kier alpha value is -2.72. The molecule has 29 heteroatoms. The topological polar surface area (TPSA) is 182 Å². The molecule has 312 valence electrons. The second-order valence-electron chi connectivity index (χ2n) is 9.67. The average Bonchev–Trinajstić information content (AvgIpc) is 3.55. The third-order valence-electron chi connectivity index (χ3n) is 6.30. The van der Waals surface area contributed by atoms with E-state index in [1.165, 1.54) is 42.0 Å². The molecule has 0 aliphatic carbocycles. The van der Waals surface area contributed by atoms with E-state index in [1.807, 2.05) is 12.1 Å². The van der Waals surface area contributed by atoms with E-state index >= 15 is 0 Å². The zero-order chi connectivity index (χ0) is 42.8. The summed E-state index contributed by atoms with van der Waals surface area (Å²) in [6, 6.07) is 25.4. The highest BCUT2D eigenvalue weighted by Crippen LogP contribution is 2.28. The quantitative estimate of drug-likeness (QED) is 0.0742. The highest BCUT2D eigenvalue weighted by atomic mass is 33.5. The van der Waals surface area contributed by atoms with Crippen LogP contribution in [-0.4, -0.2) is 33.7 Å². The first-order valence-electron chi connectivity index (χ1n) is 14.9. The van der Waals surface area contributed by atoms with Crippen molar-refractivity contribution >= 4 is 182 Å². The summed E-state index contributed by atoms with van der Waals surface area (Å²) in [6.45, 7) is -0.106. The summed E-state index contributed by atoms with van der Waals surface area (Å²) >= 11 is 9.46. The lowest BCUT2D eigenvalue weighted by atomic mass is 10.1. The average molecular weight is 1100 g/mol. The molecular formula is C30H20N2O11S16. The van der Waals surface area contributed by atoms with E-state index in [2.05, 4.69) is 4.74 Å². The first-order chi connectivity index (χ1) is 28.6. The number of hydrogen-bond acceptors (Lipinski definition) is 13. The molecule has 0 spiro atoms. The summed E-state index contributed by atoms with van der Waals surface area (Å²) in [5, 5.41) is 21.9. The monoisotopic (exact) mass is 1100 g/mol. The summed E-state index contributed by atoms with van der Waals surface area (Å²) in [4.78, 5) is 67.6. The van der Waals surface area contributed by atoms with Crippen LogP contribution in [0.2, 0.25) is 0 Å². The number of cyclic esters (lactones) is 2. The van der Waals surface area contributed by atoms with Gasteiger partial charge in [-0.3, -0.25) is 20.2 Å². The van der Waals surface area contributed by atoms with Crippen LogP contribution in [0, 0.1) is 20.2 Å². The number of rotatable bonds is 8. The van der Waals surface area contributed by atoms with Gasteiger partial charge >= 0.3 is 23.9 Å². The molecule has 0 N–H and O–H groups in total. The predicted molar refractivity (Wildman–Crippen MR) is 265 cm³/mol. The van der Waals surface area contributed by atoms with Gasteiger partial charge in [-0.25, -0.2) is 19.2 Å². The van der Waals surface area contributed by atoms with Crippen molar-refractivity contribution in [2.75, 3.05) is 0 Å². The highest BCUT2D eigenvalue weighted by molar-refractivity contribution is 8.77. The highest BCUT2D eigenvalue weighted by Gasteiger charge is 2.36. The molecule has 0 atom stereocenters. The molecule has 0 saturated carbocycles. The fraction of sp³-hybridized carbons (Fsp3) is 0.0667. The van der Waals surface area contributed by atoms with E-state index in [9.17, 15) is 39.4 Å². The standard InChI is InChI=1S/C22H17NO6.C8H3NO5.S16/c24-21(28-14-16-8-3-1-4-9-16)18-12-7-13-19(23(26)27)20(18)22(25)29-15-17-10-5-2-6-11-17;10-7-4-2-1-3-5(9(12)13)6(4)8(11)14-7;1-3-5-7-9-11-13-15-16-14-12-10-8-6-4-2/h1-13H,14-15H2;1-3H;. The number of ether oxygens (including phenoxy) is 3. The summed E-state index contributed by atoms with van der Waals surface area (Å²) in [6.07, 6.45) is 0. The van der Waals surface area contributed by atoms with Crippen LogP contribution in [0.15, 0.2) is 97.1 Å². The van der Waals surface area contributed by atoms with Crippen LogP contribution in [0.1, 0.15) is 52.6 Å². The van der Waals surface area contributed by atoms with Crippen molar-refractivity contribution in [1.82, 2.24) is 0 Å². The molecule has 1 heterocycles. The van der Waals surface area contributed by atoms with Crippen molar-refractivity contribution in [2.45, 2.75) is 13.2 Å². The van der Waals surface area contributed by atoms with Crippen molar-refractivity contribution in [2.24, 2.45) is 0 Å². The Morgan fingerprint density at radius 2 is 0.966 bits per heavy atom. The molecule has 0 fully saturated rings. The van der Waals surface area contributed by atoms with Crippen molar-refractivity contribution in [3.63, 3.8) is 0 Å². The smallest absolute Gasteiger partial charge is 0.353 e. The lowest BCUT2D eigenvalue weighted by Crippen LogP contribution is -2.16. The van der Waals surface area contributed by atoms with Gasteiger partial charge in [0.25, 0.3) is 11.4 Å². The maximum absolute atomic E-state index is 12.6. The Morgan fingerprint density at radius 1 is 0.542 bits per heavy atom. The van der Waals surface area contributed by atoms with Gasteiger partial charge in [0.2, 0.25) is 0 Å². The number of fused-ring (bicyclic) bond motifs is 1. The number of carbonyl (C=O) groups excluding carboxylic acids is 4. The molecule has 4 aromatic rings. The number of nitro groups is 2. The van der Waals surface area contributed by atoms with Gasteiger partial charge in [0.15, 0.2) is 11.1 Å². The van der Waals surface area contributed by atoms with Gasteiger partial charge in [-0.2, -0.15) is 0 Å². The Morgan fingerprint density at radius 3 is 1.42 bits per heavy atom. The predicted octanol–water partition coefficient (Wildman–Crippen LogP) is 5.18. The number of benzene rings is 4. The van der Waals surface area contributed by atoms with Crippen LogP contribution in [0.3, 0.4) is 0 Å². The first kappa shape index (κ1) is 50.6. The lowest BCUT2D eigenvalue weighted by molar-refractivity contribution is -0.385. The summed E-state index contributed by atoms with van der Waals surface area (Å²) in [5.41, 5.74) is -0.408. The fourth-order valence-corrected chi connectivity index (χ4v) is 37.0. The Labute approximate surface area is 384 Å². The molecule has 5 rings (SSSR count). The molecule has 1 aliphatic heterocycles. The van der Waals surface area contributed by atoms with Crippen LogP contribution in [0.5, 0.6) is 0 Å². The van der Waals surface area contributed by atoms with E-state index in [4.69, 9.17) is 31.8 Å². The lowest BCUT2D eigenvalue weighted by Gasteiger charge is -2.10. The van der Waals surface area contributed by atoms with Crippen LogP contribution in [-0.2, 0) is 174 Å². The number of nitro benzene ring substituents is 2. The van der Waals surface area contributed by atoms with E-state index in [0.717, 1.165) is 17.7 Å². The van der Waals surface area contributed by atoms with E-state index in [0.29, 0.717) is 5.56 Å². The molecule has 0 amide bonds. The third kappa shape index (κ3) is 18.4. The van der Waals surface area contributed by atoms with Gasteiger partial charge in [0.05, 0.1) is 21.0 Å². The molecule has 0 unspecified atom stereocenters. The maximum Gasteiger partial charge on any atom is 0.353 e. The van der Waals surface area contributed by atoms with Crippen LogP contribution in [0.4, 0.5) is 11.4 Å². The molecule has 59 heavy (non-hydrogen) atoms. The van der Waals surface area contributed by atoms with Gasteiger partial charge < -0.3 is 14.2 Å². The van der Waals surface area contributed by atoms with E-state index in [-0.39, 0.29) is 29.9 Å². The molecule has 0 bridgehead atoms. The summed E-state index contributed by atoms with van der Waals surface area (Å²) < 4.78 is 14.7. The molecule has 1 aliphatic rings. The van der Waals surface area contributed by atoms with Gasteiger partial charge in [-0.05, 0) is 23.3 Å². The number of nitrogens with zero attached hydrogens (tertiary/aromatic N) is 2. The van der Waals surface area contributed by atoms with Crippen molar-refractivity contribution in [3.05, 3.63) is 151 Å². The second-order valence-corrected chi connectivity index (χ2v) is 34.4. The second kappa shape index (κ2) is 29.5. The Balaban J connectivity index is 0.000000262.